The highest BCUT2D eigenvalue weighted by molar-refractivity contribution is 5.70. The van der Waals surface area contributed by atoms with Crippen molar-refractivity contribution in [2.75, 3.05) is 11.9 Å². The molecule has 1 aromatic heterocycles. The first-order chi connectivity index (χ1) is 7.80. The lowest BCUT2D eigenvalue weighted by Crippen LogP contribution is -2.20. The van der Waals surface area contributed by atoms with Gasteiger partial charge < -0.3 is 10.4 Å². The Bertz CT molecular complexity index is 407. The molecule has 7 heteroatoms. The van der Waals surface area contributed by atoms with Crippen molar-refractivity contribution in [3.63, 3.8) is 0 Å². The molecule has 0 aliphatic rings. The number of rotatable bonds is 4. The molecule has 0 saturated heterocycles. The number of nitrogens with one attached hydrogen (secondary N) is 1. The van der Waals surface area contributed by atoms with Gasteiger partial charge in [0.1, 0.15) is 11.5 Å². The van der Waals surface area contributed by atoms with Crippen molar-refractivity contribution in [3.8, 4) is 0 Å². The molecule has 1 rings (SSSR count). The van der Waals surface area contributed by atoms with Gasteiger partial charge in [-0.1, -0.05) is 13.0 Å². The van der Waals surface area contributed by atoms with E-state index in [4.69, 9.17) is 5.11 Å². The summed E-state index contributed by atoms with van der Waals surface area (Å²) in [6, 6.07) is 3.42. The fourth-order valence-corrected chi connectivity index (χ4v) is 1.04. The summed E-state index contributed by atoms with van der Waals surface area (Å²) >= 11 is 0. The monoisotopic (exact) mass is 248 g/mol. The Hall–Kier alpha value is -1.79. The molecule has 0 aliphatic heterocycles. The lowest BCUT2D eigenvalue weighted by Gasteiger charge is -2.11. The van der Waals surface area contributed by atoms with Crippen LogP contribution in [0.2, 0.25) is 0 Å². The van der Waals surface area contributed by atoms with Gasteiger partial charge in [0.15, 0.2) is 0 Å². The van der Waals surface area contributed by atoms with Gasteiger partial charge in [-0.3, -0.25) is 4.79 Å². The van der Waals surface area contributed by atoms with Gasteiger partial charge >= 0.3 is 12.1 Å². The summed E-state index contributed by atoms with van der Waals surface area (Å²) in [4.78, 5) is 13.9. The second-order valence-corrected chi connectivity index (χ2v) is 3.53. The van der Waals surface area contributed by atoms with Crippen LogP contribution in [-0.2, 0) is 11.0 Å². The van der Waals surface area contributed by atoms with Gasteiger partial charge in [-0.15, -0.1) is 0 Å². The fraction of sp³-hybridized carbons (Fsp3) is 0.400. The first-order valence-corrected chi connectivity index (χ1v) is 4.81. The molecule has 1 heterocycles. The number of hydrogen-bond acceptors (Lipinski definition) is 3. The minimum absolute atomic E-state index is 0.00734. The lowest BCUT2D eigenvalue weighted by molar-refractivity contribution is -0.141. The van der Waals surface area contributed by atoms with Crippen molar-refractivity contribution in [2.45, 2.75) is 13.1 Å². The number of halogens is 3. The summed E-state index contributed by atoms with van der Waals surface area (Å²) in [5, 5.41) is 11.1. The summed E-state index contributed by atoms with van der Waals surface area (Å²) in [5.74, 6) is -1.72. The predicted octanol–water partition coefficient (Wildman–Crippen LogP) is 2.23. The molecule has 0 fully saturated rings. The molecule has 0 bridgehead atoms. The Morgan fingerprint density at radius 3 is 2.71 bits per heavy atom. The number of carboxylic acid groups (broad SMARTS) is 1. The zero-order valence-electron chi connectivity index (χ0n) is 8.95. The van der Waals surface area contributed by atoms with Gasteiger partial charge in [-0.2, -0.15) is 13.2 Å². The first-order valence-electron chi connectivity index (χ1n) is 4.81. The van der Waals surface area contributed by atoms with Crippen molar-refractivity contribution in [1.29, 1.82) is 0 Å². The number of nitrogens with zero attached hydrogens (tertiary/aromatic N) is 1. The highest BCUT2D eigenvalue weighted by atomic mass is 19.4. The molecule has 0 saturated carbocycles. The zero-order chi connectivity index (χ0) is 13.1. The first kappa shape index (κ1) is 13.3. The standard InChI is InChI=1S/C10H11F3N2O2/c1-6(9(16)17)5-14-8-4-2-3-7(15-8)10(11,12)13/h2-4,6H,5H2,1H3,(H,14,15)(H,16,17). The molecule has 2 N–H and O–H groups in total. The zero-order valence-corrected chi connectivity index (χ0v) is 8.95. The Balaban J connectivity index is 2.70. The van der Waals surface area contributed by atoms with Crippen LogP contribution in [0.15, 0.2) is 18.2 Å². The van der Waals surface area contributed by atoms with Crippen LogP contribution in [0.5, 0.6) is 0 Å². The molecule has 1 atom stereocenters. The maximum absolute atomic E-state index is 12.3. The average Bonchev–Trinajstić information content (AvgIpc) is 2.25. The summed E-state index contributed by atoms with van der Waals surface area (Å²) in [5.41, 5.74) is -1.01. The van der Waals surface area contributed by atoms with E-state index in [1.807, 2.05) is 0 Å². The summed E-state index contributed by atoms with van der Waals surface area (Å²) in [6.07, 6.45) is -4.50. The molecule has 0 amide bonds. The van der Waals surface area contributed by atoms with Gasteiger partial charge in [0.25, 0.3) is 0 Å². The predicted molar refractivity (Wildman–Crippen MR) is 54.5 cm³/mol. The Labute approximate surface area is 95.5 Å². The molecule has 17 heavy (non-hydrogen) atoms. The molecule has 0 aliphatic carbocycles. The fourth-order valence-electron chi connectivity index (χ4n) is 1.04. The Kier molecular flexibility index (Phi) is 3.93. The second kappa shape index (κ2) is 5.03. The molecule has 1 unspecified atom stereocenters. The maximum Gasteiger partial charge on any atom is 0.433 e. The third kappa shape index (κ3) is 3.93. The van der Waals surface area contributed by atoms with E-state index in [9.17, 15) is 18.0 Å². The van der Waals surface area contributed by atoms with Crippen LogP contribution >= 0.6 is 0 Å². The van der Waals surface area contributed by atoms with Crippen LogP contribution in [0.4, 0.5) is 19.0 Å². The van der Waals surface area contributed by atoms with E-state index in [0.29, 0.717) is 0 Å². The van der Waals surface area contributed by atoms with Gasteiger partial charge in [0.05, 0.1) is 5.92 Å². The molecule has 0 radical (unpaired) electrons. The highest BCUT2D eigenvalue weighted by Gasteiger charge is 2.32. The van der Waals surface area contributed by atoms with Crippen LogP contribution in [0.3, 0.4) is 0 Å². The van der Waals surface area contributed by atoms with Gasteiger partial charge in [0.2, 0.25) is 0 Å². The van der Waals surface area contributed by atoms with Crippen LogP contribution in [0.1, 0.15) is 12.6 Å². The average molecular weight is 248 g/mol. The Morgan fingerprint density at radius 2 is 2.18 bits per heavy atom. The number of carboxylic acids is 1. The topological polar surface area (TPSA) is 62.2 Å². The van der Waals surface area contributed by atoms with Gasteiger partial charge in [0, 0.05) is 6.54 Å². The number of alkyl halides is 3. The molecular formula is C10H11F3N2O2. The number of anilines is 1. The number of aromatic nitrogens is 1. The Morgan fingerprint density at radius 1 is 1.53 bits per heavy atom. The van der Waals surface area contributed by atoms with E-state index < -0.39 is 23.8 Å². The summed E-state index contributed by atoms with van der Waals surface area (Å²) < 4.78 is 36.9. The molecular weight excluding hydrogens is 237 g/mol. The summed E-state index contributed by atoms with van der Waals surface area (Å²) in [6.45, 7) is 1.46. The van der Waals surface area contributed by atoms with E-state index >= 15 is 0 Å². The SMILES string of the molecule is CC(CNc1cccc(C(F)(F)F)n1)C(=O)O. The van der Waals surface area contributed by atoms with Gasteiger partial charge in [-0.25, -0.2) is 4.98 Å². The van der Waals surface area contributed by atoms with E-state index in [-0.39, 0.29) is 12.4 Å². The van der Waals surface area contributed by atoms with Crippen molar-refractivity contribution in [2.24, 2.45) is 5.92 Å². The van der Waals surface area contributed by atoms with E-state index in [0.717, 1.165) is 6.07 Å². The van der Waals surface area contributed by atoms with Crippen molar-refractivity contribution >= 4 is 11.8 Å². The number of pyridine rings is 1. The molecule has 0 aromatic carbocycles. The highest BCUT2D eigenvalue weighted by Crippen LogP contribution is 2.28. The number of aliphatic carboxylic acids is 1. The molecule has 4 nitrogen and oxygen atoms in total. The maximum atomic E-state index is 12.3. The minimum Gasteiger partial charge on any atom is -0.481 e. The number of hydrogen-bond donors (Lipinski definition) is 2. The van der Waals surface area contributed by atoms with Crippen LogP contribution in [0.25, 0.3) is 0 Å². The van der Waals surface area contributed by atoms with Crippen molar-refractivity contribution in [3.05, 3.63) is 23.9 Å². The number of carbonyl (C=O) groups is 1. The van der Waals surface area contributed by atoms with Crippen LogP contribution in [-0.4, -0.2) is 22.6 Å². The van der Waals surface area contributed by atoms with Crippen molar-refractivity contribution in [1.82, 2.24) is 4.98 Å². The normalized spacial score (nSPS) is 13.2. The minimum atomic E-state index is -4.50. The second-order valence-electron chi connectivity index (χ2n) is 3.53. The molecule has 94 valence electrons. The smallest absolute Gasteiger partial charge is 0.433 e. The van der Waals surface area contributed by atoms with Crippen molar-refractivity contribution < 1.29 is 23.1 Å². The van der Waals surface area contributed by atoms with E-state index in [1.165, 1.54) is 19.1 Å². The molecule has 1 aromatic rings. The van der Waals surface area contributed by atoms with Crippen LogP contribution < -0.4 is 5.32 Å². The molecule has 0 spiro atoms. The van der Waals surface area contributed by atoms with Gasteiger partial charge in [-0.05, 0) is 12.1 Å². The third-order valence-corrected chi connectivity index (χ3v) is 2.05. The largest absolute Gasteiger partial charge is 0.481 e. The lowest BCUT2D eigenvalue weighted by atomic mass is 10.2. The van der Waals surface area contributed by atoms with E-state index in [2.05, 4.69) is 10.3 Å². The quantitative estimate of drug-likeness (QED) is 0.857. The summed E-state index contributed by atoms with van der Waals surface area (Å²) in [7, 11) is 0. The third-order valence-electron chi connectivity index (χ3n) is 2.05. The van der Waals surface area contributed by atoms with E-state index in [1.54, 1.807) is 0 Å². The van der Waals surface area contributed by atoms with Crippen LogP contribution in [0, 0.1) is 5.92 Å².